The number of aryl methyl sites for hydroxylation is 1. The van der Waals surface area contributed by atoms with Gasteiger partial charge in [0, 0.05) is 12.5 Å². The Morgan fingerprint density at radius 1 is 1.41 bits per heavy atom. The zero-order valence-corrected chi connectivity index (χ0v) is 10.6. The van der Waals surface area contributed by atoms with E-state index in [1.54, 1.807) is 6.92 Å². The summed E-state index contributed by atoms with van der Waals surface area (Å²) < 4.78 is 0. The van der Waals surface area contributed by atoms with Crippen LogP contribution in [-0.2, 0) is 0 Å². The lowest BCUT2D eigenvalue weighted by Crippen LogP contribution is -2.11. The molecule has 0 aliphatic rings. The van der Waals surface area contributed by atoms with Crippen molar-refractivity contribution in [3.8, 4) is 0 Å². The highest BCUT2D eigenvalue weighted by Gasteiger charge is 2.23. The summed E-state index contributed by atoms with van der Waals surface area (Å²) in [5.74, 6) is 0.470. The fourth-order valence-corrected chi connectivity index (χ4v) is 1.53. The molecule has 1 rings (SSSR count). The number of hydrogen-bond donors (Lipinski definition) is 1. The molecule has 0 bridgehead atoms. The van der Waals surface area contributed by atoms with Gasteiger partial charge < -0.3 is 5.32 Å². The van der Waals surface area contributed by atoms with Gasteiger partial charge in [-0.05, 0) is 13.3 Å². The van der Waals surface area contributed by atoms with Crippen LogP contribution in [0, 0.1) is 17.0 Å². The van der Waals surface area contributed by atoms with Gasteiger partial charge in [-0.2, -0.15) is 0 Å². The van der Waals surface area contributed by atoms with Gasteiger partial charge in [-0.3, -0.25) is 10.1 Å². The average molecular weight is 238 g/mol. The molecule has 0 aliphatic carbocycles. The lowest BCUT2D eigenvalue weighted by Gasteiger charge is -2.10. The van der Waals surface area contributed by atoms with E-state index in [0.29, 0.717) is 17.3 Å². The fourth-order valence-electron chi connectivity index (χ4n) is 1.53. The number of anilines is 1. The van der Waals surface area contributed by atoms with Gasteiger partial charge in [0.25, 0.3) is 0 Å². The van der Waals surface area contributed by atoms with Crippen molar-refractivity contribution in [3.63, 3.8) is 0 Å². The van der Waals surface area contributed by atoms with Crippen LogP contribution in [0.3, 0.4) is 0 Å². The van der Waals surface area contributed by atoms with Crippen LogP contribution >= 0.6 is 0 Å². The molecule has 0 saturated carbocycles. The quantitative estimate of drug-likeness (QED) is 0.630. The zero-order valence-electron chi connectivity index (χ0n) is 10.6. The molecule has 0 aliphatic heterocycles. The van der Waals surface area contributed by atoms with E-state index in [0.717, 1.165) is 13.0 Å². The summed E-state index contributed by atoms with van der Waals surface area (Å²) in [6.07, 6.45) is 0.955. The lowest BCUT2D eigenvalue weighted by molar-refractivity contribution is -0.386. The Hall–Kier alpha value is -1.72. The molecule has 0 spiro atoms. The molecule has 0 amide bonds. The fraction of sp³-hybridized carbons (Fsp3) is 0.636. The Kier molecular flexibility index (Phi) is 4.37. The Morgan fingerprint density at radius 2 is 2.06 bits per heavy atom. The van der Waals surface area contributed by atoms with Crippen molar-refractivity contribution in [2.45, 2.75) is 40.0 Å². The Morgan fingerprint density at radius 3 is 2.53 bits per heavy atom. The van der Waals surface area contributed by atoms with E-state index < -0.39 is 4.92 Å². The van der Waals surface area contributed by atoms with Crippen LogP contribution in [-0.4, -0.2) is 21.4 Å². The molecule has 0 unspecified atom stereocenters. The second-order valence-corrected chi connectivity index (χ2v) is 4.21. The molecule has 94 valence electrons. The van der Waals surface area contributed by atoms with Crippen molar-refractivity contribution in [2.75, 3.05) is 11.9 Å². The van der Waals surface area contributed by atoms with Crippen LogP contribution in [0.1, 0.15) is 44.5 Å². The van der Waals surface area contributed by atoms with Gasteiger partial charge in [0.1, 0.15) is 11.4 Å². The van der Waals surface area contributed by atoms with E-state index in [9.17, 15) is 10.1 Å². The molecule has 1 aromatic heterocycles. The predicted octanol–water partition coefficient (Wildman–Crippen LogP) is 2.64. The third-order valence-electron chi connectivity index (χ3n) is 2.35. The van der Waals surface area contributed by atoms with Crippen LogP contribution in [0.25, 0.3) is 0 Å². The normalized spacial score (nSPS) is 10.6. The van der Waals surface area contributed by atoms with Crippen LogP contribution in [0.4, 0.5) is 11.6 Å². The number of nitrogens with zero attached hydrogens (tertiary/aromatic N) is 3. The first-order chi connectivity index (χ1) is 7.97. The maximum atomic E-state index is 11.0. The molecular weight excluding hydrogens is 220 g/mol. The molecule has 6 heteroatoms. The summed E-state index contributed by atoms with van der Waals surface area (Å²) in [5.41, 5.74) is 0.926. The van der Waals surface area contributed by atoms with Crippen LogP contribution in [0.5, 0.6) is 0 Å². The molecule has 0 radical (unpaired) electrons. The van der Waals surface area contributed by atoms with Crippen LogP contribution < -0.4 is 5.32 Å². The van der Waals surface area contributed by atoms with E-state index in [1.807, 2.05) is 20.8 Å². The highest BCUT2D eigenvalue weighted by atomic mass is 16.6. The second-order valence-electron chi connectivity index (χ2n) is 4.21. The van der Waals surface area contributed by atoms with Crippen molar-refractivity contribution in [3.05, 3.63) is 21.5 Å². The maximum absolute atomic E-state index is 11.0. The van der Waals surface area contributed by atoms with E-state index >= 15 is 0 Å². The molecule has 0 atom stereocenters. The summed E-state index contributed by atoms with van der Waals surface area (Å²) in [6.45, 7) is 8.21. The van der Waals surface area contributed by atoms with E-state index in [-0.39, 0.29) is 11.6 Å². The number of rotatable bonds is 5. The summed E-state index contributed by atoms with van der Waals surface area (Å²) >= 11 is 0. The van der Waals surface area contributed by atoms with Crippen molar-refractivity contribution >= 4 is 11.6 Å². The molecule has 0 saturated heterocycles. The molecule has 1 heterocycles. The maximum Gasteiger partial charge on any atom is 0.312 e. The first-order valence-electron chi connectivity index (χ1n) is 5.74. The first kappa shape index (κ1) is 13.3. The summed E-state index contributed by atoms with van der Waals surface area (Å²) in [5, 5.41) is 14.0. The number of hydrogen-bond acceptors (Lipinski definition) is 5. The minimum absolute atomic E-state index is 0.000670. The molecule has 17 heavy (non-hydrogen) atoms. The lowest BCUT2D eigenvalue weighted by atomic mass is 10.1. The van der Waals surface area contributed by atoms with Gasteiger partial charge in [-0.25, -0.2) is 9.97 Å². The molecule has 0 aromatic carbocycles. The van der Waals surface area contributed by atoms with E-state index in [4.69, 9.17) is 0 Å². The van der Waals surface area contributed by atoms with Crippen molar-refractivity contribution in [1.29, 1.82) is 0 Å². The third kappa shape index (κ3) is 3.12. The SMILES string of the molecule is CCCNc1nc(C)c([N+](=O)[O-])c(C(C)C)n1. The van der Waals surface area contributed by atoms with Gasteiger partial charge in [0.05, 0.1) is 4.92 Å². The summed E-state index contributed by atoms with van der Waals surface area (Å²) in [4.78, 5) is 18.9. The standard InChI is InChI=1S/C11H18N4O2/c1-5-6-12-11-13-8(4)10(15(16)17)9(14-11)7(2)3/h7H,5-6H2,1-4H3,(H,12,13,14). The molecule has 0 fully saturated rings. The molecular formula is C11H18N4O2. The van der Waals surface area contributed by atoms with Gasteiger partial charge >= 0.3 is 5.69 Å². The highest BCUT2D eigenvalue weighted by molar-refractivity contribution is 5.45. The average Bonchev–Trinajstić information content (AvgIpc) is 2.24. The van der Waals surface area contributed by atoms with Gasteiger partial charge in [-0.15, -0.1) is 0 Å². The number of aromatic nitrogens is 2. The van der Waals surface area contributed by atoms with E-state index in [1.165, 1.54) is 0 Å². The minimum atomic E-state index is -0.408. The third-order valence-corrected chi connectivity index (χ3v) is 2.35. The van der Waals surface area contributed by atoms with Crippen molar-refractivity contribution < 1.29 is 4.92 Å². The monoisotopic (exact) mass is 238 g/mol. The molecule has 6 nitrogen and oxygen atoms in total. The largest absolute Gasteiger partial charge is 0.354 e. The minimum Gasteiger partial charge on any atom is -0.354 e. The number of nitrogens with one attached hydrogen (secondary N) is 1. The van der Waals surface area contributed by atoms with Crippen LogP contribution in [0.15, 0.2) is 0 Å². The predicted molar refractivity (Wildman–Crippen MR) is 66.3 cm³/mol. The summed E-state index contributed by atoms with van der Waals surface area (Å²) in [6, 6.07) is 0. The number of nitro groups is 1. The van der Waals surface area contributed by atoms with Crippen LogP contribution in [0.2, 0.25) is 0 Å². The van der Waals surface area contributed by atoms with Crippen molar-refractivity contribution in [2.24, 2.45) is 0 Å². The van der Waals surface area contributed by atoms with Crippen molar-refractivity contribution in [1.82, 2.24) is 9.97 Å². The first-order valence-corrected chi connectivity index (χ1v) is 5.74. The highest BCUT2D eigenvalue weighted by Crippen LogP contribution is 2.27. The Bertz CT molecular complexity index is 418. The Labute approximate surface area is 101 Å². The smallest absolute Gasteiger partial charge is 0.312 e. The summed E-state index contributed by atoms with van der Waals surface area (Å²) in [7, 11) is 0. The molecule has 1 N–H and O–H groups in total. The molecule has 1 aromatic rings. The second kappa shape index (κ2) is 5.56. The Balaban J connectivity index is 3.21. The van der Waals surface area contributed by atoms with Gasteiger partial charge in [0.2, 0.25) is 5.95 Å². The zero-order chi connectivity index (χ0) is 13.0. The van der Waals surface area contributed by atoms with Gasteiger partial charge in [0.15, 0.2) is 0 Å². The van der Waals surface area contributed by atoms with Gasteiger partial charge in [-0.1, -0.05) is 20.8 Å². The topological polar surface area (TPSA) is 81.0 Å². The van der Waals surface area contributed by atoms with E-state index in [2.05, 4.69) is 15.3 Å².